The van der Waals surface area contributed by atoms with Crippen molar-refractivity contribution in [2.75, 3.05) is 31.6 Å². The minimum atomic E-state index is -1.08. The zero-order valence-corrected chi connectivity index (χ0v) is 15.7. The highest BCUT2D eigenvalue weighted by Gasteiger charge is 2.25. The number of carbonyl (C=O) groups is 2. The maximum absolute atomic E-state index is 14.0. The van der Waals surface area contributed by atoms with Crippen molar-refractivity contribution < 1.29 is 37.4 Å². The normalized spacial score (nSPS) is 11.4. The molecule has 3 aromatic rings. The number of halogens is 2. The first-order valence-electron chi connectivity index (χ1n) is 8.89. The standard InChI is InChI=1S/C19H19F2N3O6/c20-10-7-12-15(17(18(22)27)30-16(12)13(21)8-10)23-19(28)14-2-1-11(29-14)9-24(3-5-25)4-6-26/h1-2,7-8,25-26H,3-6,9H2,(H2,22,27)(H,23,28). The summed E-state index contributed by atoms with van der Waals surface area (Å²) in [6.45, 7) is 0.576. The molecule has 160 valence electrons. The lowest BCUT2D eigenvalue weighted by Gasteiger charge is -2.18. The van der Waals surface area contributed by atoms with Gasteiger partial charge in [-0.05, 0) is 18.2 Å². The van der Waals surface area contributed by atoms with Crippen LogP contribution < -0.4 is 11.1 Å². The number of furan rings is 2. The molecule has 0 aliphatic rings. The zero-order chi connectivity index (χ0) is 21.8. The summed E-state index contributed by atoms with van der Waals surface area (Å²) in [6.07, 6.45) is 0. The van der Waals surface area contributed by atoms with E-state index in [1.165, 1.54) is 12.1 Å². The molecule has 0 saturated heterocycles. The van der Waals surface area contributed by atoms with Gasteiger partial charge in [-0.25, -0.2) is 8.78 Å². The van der Waals surface area contributed by atoms with E-state index in [9.17, 15) is 18.4 Å². The molecule has 0 aliphatic carbocycles. The lowest BCUT2D eigenvalue weighted by molar-refractivity contribution is 0.0976. The summed E-state index contributed by atoms with van der Waals surface area (Å²) in [6, 6.07) is 4.37. The highest BCUT2D eigenvalue weighted by molar-refractivity contribution is 6.13. The van der Waals surface area contributed by atoms with Gasteiger partial charge in [0.25, 0.3) is 11.8 Å². The van der Waals surface area contributed by atoms with Crippen LogP contribution in [0.15, 0.2) is 33.1 Å². The van der Waals surface area contributed by atoms with E-state index < -0.39 is 34.8 Å². The Labute approximate surface area is 168 Å². The van der Waals surface area contributed by atoms with Crippen molar-refractivity contribution in [3.63, 3.8) is 0 Å². The fraction of sp³-hybridized carbons (Fsp3) is 0.263. The molecule has 0 fully saturated rings. The van der Waals surface area contributed by atoms with Crippen molar-refractivity contribution in [3.05, 3.63) is 53.2 Å². The maximum atomic E-state index is 14.0. The lowest BCUT2D eigenvalue weighted by Crippen LogP contribution is -2.29. The van der Waals surface area contributed by atoms with Gasteiger partial charge in [-0.1, -0.05) is 0 Å². The summed E-state index contributed by atoms with van der Waals surface area (Å²) in [4.78, 5) is 25.9. The van der Waals surface area contributed by atoms with Crippen molar-refractivity contribution in [1.82, 2.24) is 4.90 Å². The number of anilines is 1. The molecule has 5 N–H and O–H groups in total. The van der Waals surface area contributed by atoms with Gasteiger partial charge in [-0.3, -0.25) is 14.5 Å². The fourth-order valence-electron chi connectivity index (χ4n) is 2.96. The van der Waals surface area contributed by atoms with Crippen LogP contribution in [-0.2, 0) is 6.54 Å². The Morgan fingerprint density at radius 1 is 1.10 bits per heavy atom. The number of hydrogen-bond donors (Lipinski definition) is 4. The van der Waals surface area contributed by atoms with Gasteiger partial charge in [0.2, 0.25) is 5.76 Å². The second-order valence-electron chi connectivity index (χ2n) is 6.38. The summed E-state index contributed by atoms with van der Waals surface area (Å²) in [5.74, 6) is -4.16. The molecule has 2 amide bonds. The quantitative estimate of drug-likeness (QED) is 0.408. The van der Waals surface area contributed by atoms with Crippen molar-refractivity contribution in [3.8, 4) is 0 Å². The van der Waals surface area contributed by atoms with Crippen LogP contribution >= 0.6 is 0 Å². The van der Waals surface area contributed by atoms with E-state index in [-0.39, 0.29) is 36.6 Å². The van der Waals surface area contributed by atoms with Gasteiger partial charge < -0.3 is 30.1 Å². The van der Waals surface area contributed by atoms with E-state index in [0.717, 1.165) is 6.07 Å². The van der Waals surface area contributed by atoms with E-state index in [2.05, 4.69) is 5.32 Å². The molecule has 0 spiro atoms. The van der Waals surface area contributed by atoms with Gasteiger partial charge in [-0.15, -0.1) is 0 Å². The monoisotopic (exact) mass is 423 g/mol. The van der Waals surface area contributed by atoms with Gasteiger partial charge in [0.05, 0.1) is 25.1 Å². The molecule has 9 nitrogen and oxygen atoms in total. The molecule has 0 unspecified atom stereocenters. The summed E-state index contributed by atoms with van der Waals surface area (Å²) in [5.41, 5.74) is 4.52. The molecule has 30 heavy (non-hydrogen) atoms. The maximum Gasteiger partial charge on any atom is 0.291 e. The van der Waals surface area contributed by atoms with Crippen LogP contribution in [0.5, 0.6) is 0 Å². The molecule has 3 rings (SSSR count). The number of rotatable bonds is 9. The Kier molecular flexibility index (Phi) is 6.45. The third kappa shape index (κ3) is 4.48. The van der Waals surface area contributed by atoms with E-state index in [1.807, 2.05) is 0 Å². The summed E-state index contributed by atoms with van der Waals surface area (Å²) in [5, 5.41) is 20.3. The van der Waals surface area contributed by atoms with Gasteiger partial charge >= 0.3 is 0 Å². The first-order chi connectivity index (χ1) is 14.3. The second-order valence-corrected chi connectivity index (χ2v) is 6.38. The predicted octanol–water partition coefficient (Wildman–Crippen LogP) is 1.44. The van der Waals surface area contributed by atoms with Crippen LogP contribution in [0, 0.1) is 11.6 Å². The average Bonchev–Trinajstić information content (AvgIpc) is 3.28. The van der Waals surface area contributed by atoms with Crippen molar-refractivity contribution in [2.45, 2.75) is 6.54 Å². The van der Waals surface area contributed by atoms with Gasteiger partial charge in [-0.2, -0.15) is 0 Å². The number of benzene rings is 1. The Bertz CT molecular complexity index is 1070. The van der Waals surface area contributed by atoms with Crippen molar-refractivity contribution in [1.29, 1.82) is 0 Å². The number of aliphatic hydroxyl groups is 2. The number of amides is 2. The van der Waals surface area contributed by atoms with Crippen LogP contribution in [0.4, 0.5) is 14.5 Å². The zero-order valence-electron chi connectivity index (χ0n) is 15.7. The summed E-state index contributed by atoms with van der Waals surface area (Å²) >= 11 is 0. The van der Waals surface area contributed by atoms with Crippen LogP contribution in [0.3, 0.4) is 0 Å². The first-order valence-corrected chi connectivity index (χ1v) is 8.89. The number of primary amides is 1. The molecular formula is C19H19F2N3O6. The number of hydrogen-bond acceptors (Lipinski definition) is 7. The number of nitrogens with two attached hydrogens (primary N) is 1. The SMILES string of the molecule is NC(=O)c1oc2c(F)cc(F)cc2c1NC(=O)c1ccc(CN(CCO)CCO)o1. The third-order valence-corrected chi connectivity index (χ3v) is 4.27. The van der Waals surface area contributed by atoms with E-state index in [0.29, 0.717) is 24.9 Å². The predicted molar refractivity (Wildman–Crippen MR) is 101 cm³/mol. The molecule has 1 aromatic carbocycles. The van der Waals surface area contributed by atoms with Crippen molar-refractivity contribution in [2.24, 2.45) is 5.73 Å². The van der Waals surface area contributed by atoms with Crippen molar-refractivity contribution >= 4 is 28.5 Å². The molecule has 0 saturated carbocycles. The Morgan fingerprint density at radius 2 is 1.80 bits per heavy atom. The molecule has 0 bridgehead atoms. The number of aliphatic hydroxyl groups excluding tert-OH is 2. The Morgan fingerprint density at radius 3 is 2.43 bits per heavy atom. The van der Waals surface area contributed by atoms with Gasteiger partial charge in [0.1, 0.15) is 17.3 Å². The second kappa shape index (κ2) is 9.03. The van der Waals surface area contributed by atoms with Crippen LogP contribution in [0.1, 0.15) is 26.9 Å². The average molecular weight is 423 g/mol. The largest absolute Gasteiger partial charge is 0.455 e. The topological polar surface area (TPSA) is 142 Å². The summed E-state index contributed by atoms with van der Waals surface area (Å²) in [7, 11) is 0. The number of fused-ring (bicyclic) bond motifs is 1. The Balaban J connectivity index is 1.86. The lowest BCUT2D eigenvalue weighted by atomic mass is 10.2. The number of nitrogens with one attached hydrogen (secondary N) is 1. The Hall–Kier alpha value is -3.28. The van der Waals surface area contributed by atoms with E-state index in [4.69, 9.17) is 24.8 Å². The first kappa shape index (κ1) is 21.4. The minimum absolute atomic E-state index is 0.120. The molecule has 0 aliphatic heterocycles. The van der Waals surface area contributed by atoms with Crippen LogP contribution in [0.2, 0.25) is 0 Å². The molecule has 0 radical (unpaired) electrons. The highest BCUT2D eigenvalue weighted by atomic mass is 19.1. The van der Waals surface area contributed by atoms with Crippen LogP contribution in [-0.4, -0.2) is 53.2 Å². The molecular weight excluding hydrogens is 404 g/mol. The van der Waals surface area contributed by atoms with Crippen LogP contribution in [0.25, 0.3) is 11.0 Å². The third-order valence-electron chi connectivity index (χ3n) is 4.27. The molecule has 11 heteroatoms. The molecule has 2 aromatic heterocycles. The molecule has 0 atom stereocenters. The van der Waals surface area contributed by atoms with E-state index in [1.54, 1.807) is 4.90 Å². The smallest absolute Gasteiger partial charge is 0.291 e. The summed E-state index contributed by atoms with van der Waals surface area (Å²) < 4.78 is 38.1. The highest BCUT2D eigenvalue weighted by Crippen LogP contribution is 2.33. The number of nitrogens with zero attached hydrogens (tertiary/aromatic N) is 1. The fourth-order valence-corrected chi connectivity index (χ4v) is 2.96. The van der Waals surface area contributed by atoms with E-state index >= 15 is 0 Å². The molecule has 2 heterocycles. The number of carbonyl (C=O) groups excluding carboxylic acids is 2. The minimum Gasteiger partial charge on any atom is -0.455 e. The van der Waals surface area contributed by atoms with Gasteiger partial charge in [0, 0.05) is 19.2 Å². The van der Waals surface area contributed by atoms with Gasteiger partial charge in [0.15, 0.2) is 17.2 Å².